The number of imide groups is 1. The van der Waals surface area contributed by atoms with Crippen LogP contribution in [-0.4, -0.2) is 39.9 Å². The van der Waals surface area contributed by atoms with E-state index >= 15 is 0 Å². The second kappa shape index (κ2) is 6.02. The van der Waals surface area contributed by atoms with Crippen LogP contribution in [0, 0.1) is 10.1 Å². The third kappa shape index (κ3) is 3.09. The van der Waals surface area contributed by atoms with Crippen LogP contribution in [0.5, 0.6) is 0 Å². The van der Waals surface area contributed by atoms with E-state index < -0.39 is 16.7 Å². The molecule has 1 aliphatic heterocycles. The molecule has 0 saturated carbocycles. The molecular weight excluding hydrogens is 346 g/mol. The number of amides is 2. The molecule has 21 heavy (non-hydrogen) atoms. The molecule has 2 amide bonds. The smallest absolute Gasteiger partial charge is 0.293 e. The van der Waals surface area contributed by atoms with Crippen LogP contribution in [-0.2, 0) is 9.59 Å². The van der Waals surface area contributed by atoms with Crippen LogP contribution in [0.15, 0.2) is 34.4 Å². The Morgan fingerprint density at radius 2 is 2.10 bits per heavy atom. The van der Waals surface area contributed by atoms with E-state index in [-0.39, 0.29) is 30.2 Å². The number of carbonyl (C=O) groups excluding carboxylic acids is 2. The molecule has 1 heterocycles. The minimum Gasteiger partial charge on any atom is -0.395 e. The minimum absolute atomic E-state index is 0.0705. The topological polar surface area (TPSA) is 113 Å². The quantitative estimate of drug-likeness (QED) is 0.463. The van der Waals surface area contributed by atoms with Crippen LogP contribution < -0.4 is 5.32 Å². The van der Waals surface area contributed by atoms with Gasteiger partial charge in [-0.2, -0.15) is 0 Å². The Morgan fingerprint density at radius 1 is 1.38 bits per heavy atom. The summed E-state index contributed by atoms with van der Waals surface area (Å²) < 4.78 is 0.518. The molecule has 8 nitrogen and oxygen atoms in total. The second-order valence-corrected chi connectivity index (χ2v) is 5.04. The lowest BCUT2D eigenvalue weighted by Crippen LogP contribution is -2.34. The average molecular weight is 356 g/mol. The van der Waals surface area contributed by atoms with Crippen LogP contribution in [0.4, 0.5) is 11.4 Å². The van der Waals surface area contributed by atoms with Crippen molar-refractivity contribution in [3.05, 3.63) is 44.6 Å². The number of nitrogens with zero attached hydrogens (tertiary/aromatic N) is 2. The highest BCUT2D eigenvalue weighted by Gasteiger charge is 2.31. The molecule has 1 aromatic carbocycles. The number of hydrogen-bond donors (Lipinski definition) is 2. The van der Waals surface area contributed by atoms with Crippen molar-refractivity contribution in [1.82, 2.24) is 4.90 Å². The summed E-state index contributed by atoms with van der Waals surface area (Å²) in [6.45, 7) is -0.473. The van der Waals surface area contributed by atoms with Gasteiger partial charge in [-0.25, -0.2) is 0 Å². The van der Waals surface area contributed by atoms with Gasteiger partial charge in [0.15, 0.2) is 0 Å². The zero-order valence-corrected chi connectivity index (χ0v) is 12.2. The summed E-state index contributed by atoms with van der Waals surface area (Å²) in [5.74, 6) is -1.21. The lowest BCUT2D eigenvalue weighted by Gasteiger charge is -2.13. The second-order valence-electron chi connectivity index (χ2n) is 4.12. The molecule has 110 valence electrons. The average Bonchev–Trinajstić information content (AvgIpc) is 2.68. The Morgan fingerprint density at radius 3 is 2.71 bits per heavy atom. The fourth-order valence-electron chi connectivity index (χ4n) is 1.82. The number of hydrogen-bond acceptors (Lipinski definition) is 6. The number of benzene rings is 1. The summed E-state index contributed by atoms with van der Waals surface area (Å²) in [6.07, 6.45) is 1.05. The van der Waals surface area contributed by atoms with Gasteiger partial charge < -0.3 is 10.4 Å². The first kappa shape index (κ1) is 15.1. The molecule has 0 fully saturated rings. The Kier molecular flexibility index (Phi) is 4.34. The van der Waals surface area contributed by atoms with E-state index in [9.17, 15) is 19.7 Å². The summed E-state index contributed by atoms with van der Waals surface area (Å²) >= 11 is 3.12. The number of rotatable bonds is 5. The van der Waals surface area contributed by atoms with Crippen molar-refractivity contribution in [3.8, 4) is 0 Å². The predicted molar refractivity (Wildman–Crippen MR) is 76.3 cm³/mol. The monoisotopic (exact) mass is 355 g/mol. The zero-order chi connectivity index (χ0) is 15.6. The van der Waals surface area contributed by atoms with Gasteiger partial charge in [0.2, 0.25) is 0 Å². The number of nitro benzene ring substituents is 1. The summed E-state index contributed by atoms with van der Waals surface area (Å²) in [7, 11) is 0. The van der Waals surface area contributed by atoms with Gasteiger partial charge in [0, 0.05) is 16.6 Å². The molecule has 0 radical (unpaired) electrons. The van der Waals surface area contributed by atoms with E-state index in [0.29, 0.717) is 4.47 Å². The first-order chi connectivity index (χ1) is 9.93. The maximum Gasteiger partial charge on any atom is 0.293 e. The van der Waals surface area contributed by atoms with Crippen LogP contribution in [0.25, 0.3) is 0 Å². The van der Waals surface area contributed by atoms with E-state index in [1.165, 1.54) is 12.1 Å². The molecule has 0 aliphatic carbocycles. The third-order valence-corrected chi connectivity index (χ3v) is 3.25. The van der Waals surface area contributed by atoms with Crippen molar-refractivity contribution >= 4 is 39.1 Å². The lowest BCUT2D eigenvalue weighted by atomic mass is 10.2. The molecule has 0 atom stereocenters. The summed E-state index contributed by atoms with van der Waals surface area (Å²) in [5.41, 5.74) is -0.202. The Bertz CT molecular complexity index is 658. The van der Waals surface area contributed by atoms with Crippen molar-refractivity contribution in [3.63, 3.8) is 0 Å². The van der Waals surface area contributed by atoms with Gasteiger partial charge in [-0.15, -0.1) is 0 Å². The van der Waals surface area contributed by atoms with Gasteiger partial charge in [-0.05, 0) is 12.1 Å². The van der Waals surface area contributed by atoms with Crippen molar-refractivity contribution < 1.29 is 19.6 Å². The molecular formula is C12H10BrN3O5. The molecule has 2 N–H and O–H groups in total. The minimum atomic E-state index is -0.633. The van der Waals surface area contributed by atoms with Gasteiger partial charge in [0.05, 0.1) is 18.1 Å². The first-order valence-corrected chi connectivity index (χ1v) is 6.62. The number of β-amino-alcohol motifs (C(OH)–C–C–N with tert-alkyl or cyclic N) is 1. The van der Waals surface area contributed by atoms with Crippen molar-refractivity contribution in [2.45, 2.75) is 0 Å². The molecule has 2 rings (SSSR count). The van der Waals surface area contributed by atoms with Crippen molar-refractivity contribution in [2.75, 3.05) is 18.5 Å². The highest BCUT2D eigenvalue weighted by Crippen LogP contribution is 2.30. The maximum atomic E-state index is 11.9. The van der Waals surface area contributed by atoms with Crippen LogP contribution in [0.1, 0.15) is 0 Å². The predicted octanol–water partition coefficient (Wildman–Crippen LogP) is 1.01. The number of nitrogens with one attached hydrogen (secondary N) is 1. The molecule has 1 aliphatic rings. The Balaban J connectivity index is 2.28. The zero-order valence-electron chi connectivity index (χ0n) is 10.6. The maximum absolute atomic E-state index is 11.9. The largest absolute Gasteiger partial charge is 0.395 e. The van der Waals surface area contributed by atoms with E-state index in [0.717, 1.165) is 11.0 Å². The number of carbonyl (C=O) groups is 2. The molecule has 9 heteroatoms. The Labute approximate surface area is 127 Å². The third-order valence-electron chi connectivity index (χ3n) is 2.76. The highest BCUT2D eigenvalue weighted by molar-refractivity contribution is 9.10. The van der Waals surface area contributed by atoms with Crippen LogP contribution in [0.3, 0.4) is 0 Å². The highest BCUT2D eigenvalue weighted by atomic mass is 79.9. The van der Waals surface area contributed by atoms with Crippen LogP contribution >= 0.6 is 15.9 Å². The van der Waals surface area contributed by atoms with Gasteiger partial charge >= 0.3 is 0 Å². The van der Waals surface area contributed by atoms with Gasteiger partial charge in [0.25, 0.3) is 17.5 Å². The van der Waals surface area contributed by atoms with Gasteiger partial charge in [-0.3, -0.25) is 24.6 Å². The number of aliphatic hydroxyl groups is 1. The SMILES string of the molecule is O=C1C=C(Nc2ccc(Br)cc2[N+](=O)[O-])C(=O)N1CCO. The molecule has 1 aromatic rings. The standard InChI is InChI=1S/C12H10BrN3O5/c13-7-1-2-8(10(5-7)16(20)21)14-9-6-11(18)15(3-4-17)12(9)19/h1-2,5-6,14,17H,3-4H2. The van der Waals surface area contributed by atoms with E-state index in [2.05, 4.69) is 21.2 Å². The Hall–Kier alpha value is -2.26. The first-order valence-electron chi connectivity index (χ1n) is 5.83. The van der Waals surface area contributed by atoms with E-state index in [1.807, 2.05) is 0 Å². The van der Waals surface area contributed by atoms with E-state index in [4.69, 9.17) is 5.11 Å². The summed E-state index contributed by atoms with van der Waals surface area (Å²) in [4.78, 5) is 34.8. The van der Waals surface area contributed by atoms with Crippen LogP contribution in [0.2, 0.25) is 0 Å². The van der Waals surface area contributed by atoms with Crippen molar-refractivity contribution in [1.29, 1.82) is 0 Å². The van der Waals surface area contributed by atoms with Gasteiger partial charge in [-0.1, -0.05) is 15.9 Å². The van der Waals surface area contributed by atoms with Gasteiger partial charge in [0.1, 0.15) is 11.4 Å². The number of anilines is 1. The van der Waals surface area contributed by atoms with Crippen molar-refractivity contribution in [2.24, 2.45) is 0 Å². The summed E-state index contributed by atoms with van der Waals surface area (Å²) in [5, 5.41) is 22.4. The number of halogens is 1. The summed E-state index contributed by atoms with van der Waals surface area (Å²) in [6, 6.07) is 4.29. The fraction of sp³-hybridized carbons (Fsp3) is 0.167. The molecule has 0 saturated heterocycles. The number of aliphatic hydroxyl groups excluding tert-OH is 1. The molecule has 0 bridgehead atoms. The fourth-order valence-corrected chi connectivity index (χ4v) is 2.17. The number of nitro groups is 1. The molecule has 0 aromatic heterocycles. The normalized spacial score (nSPS) is 14.4. The molecule has 0 spiro atoms. The lowest BCUT2D eigenvalue weighted by molar-refractivity contribution is -0.384. The van der Waals surface area contributed by atoms with E-state index in [1.54, 1.807) is 6.07 Å². The molecule has 0 unspecified atom stereocenters.